The molecule has 0 amide bonds. The first-order chi connectivity index (χ1) is 16.9. The molecule has 0 spiro atoms. The van der Waals surface area contributed by atoms with Crippen molar-refractivity contribution in [2.75, 3.05) is 0 Å². The Kier molecular flexibility index (Phi) is 8.42. The molecule has 0 aliphatic carbocycles. The molecule has 0 fully saturated rings. The molecule has 4 nitrogen and oxygen atoms in total. The van der Waals surface area contributed by atoms with E-state index in [0.29, 0.717) is 10.3 Å². The number of hydrogen-bond donors (Lipinski definition) is 0. The predicted octanol–water partition coefficient (Wildman–Crippen LogP) is 5.86. The van der Waals surface area contributed by atoms with Crippen LogP contribution in [0.2, 0.25) is 10.3 Å². The van der Waals surface area contributed by atoms with Crippen LogP contribution in [0.1, 0.15) is 22.7 Å². The van der Waals surface area contributed by atoms with E-state index in [1.807, 2.05) is 91.9 Å². The SMILES string of the molecule is Cc1ccc(S(=O)(=O)N(N=Cc2ccccc2)C(C[Se]c2ccc(Cl)cc2)c2ccccc2)cc1. The van der Waals surface area contributed by atoms with Crippen molar-refractivity contribution in [3.8, 4) is 0 Å². The van der Waals surface area contributed by atoms with E-state index in [4.69, 9.17) is 11.6 Å². The number of nitrogens with zero attached hydrogens (tertiary/aromatic N) is 2. The van der Waals surface area contributed by atoms with Crippen molar-refractivity contribution in [1.29, 1.82) is 0 Å². The summed E-state index contributed by atoms with van der Waals surface area (Å²) in [5.74, 6) is 0. The molecule has 0 aliphatic rings. The van der Waals surface area contributed by atoms with Gasteiger partial charge in [-0.2, -0.15) is 0 Å². The standard InChI is InChI=1S/C28H25ClN2O2SSe/c1-22-12-16-26(17-13-22)34(32,33)31(30-20-23-8-4-2-5-9-23)28(24-10-6-3-7-11-24)21-35-27-18-14-25(29)15-19-27/h2-20,28H,21H2,1H3. The van der Waals surface area contributed by atoms with Crippen molar-refractivity contribution < 1.29 is 8.42 Å². The molecule has 0 aliphatic heterocycles. The Labute approximate surface area is 218 Å². The fourth-order valence-electron chi connectivity index (χ4n) is 3.46. The first-order valence-electron chi connectivity index (χ1n) is 11.1. The van der Waals surface area contributed by atoms with Crippen molar-refractivity contribution in [3.63, 3.8) is 0 Å². The predicted molar refractivity (Wildman–Crippen MR) is 145 cm³/mol. The average molecular weight is 568 g/mol. The molecular formula is C28H25ClN2O2SSe. The van der Waals surface area contributed by atoms with Gasteiger partial charge in [0.1, 0.15) is 0 Å². The van der Waals surface area contributed by atoms with Crippen LogP contribution in [0, 0.1) is 6.92 Å². The third-order valence-corrected chi connectivity index (χ3v) is 9.60. The summed E-state index contributed by atoms with van der Waals surface area (Å²) in [6, 6.07) is 33.4. The zero-order valence-corrected chi connectivity index (χ0v) is 22.4. The summed E-state index contributed by atoms with van der Waals surface area (Å²) in [6.45, 7) is 1.93. The molecule has 4 rings (SSSR count). The number of hydrogen-bond acceptors (Lipinski definition) is 3. The number of halogens is 1. The maximum absolute atomic E-state index is 13.9. The van der Waals surface area contributed by atoms with E-state index in [9.17, 15) is 8.42 Å². The molecule has 0 heterocycles. The number of sulfonamides is 1. The van der Waals surface area contributed by atoms with Gasteiger partial charge in [0.15, 0.2) is 0 Å². The molecule has 35 heavy (non-hydrogen) atoms. The van der Waals surface area contributed by atoms with E-state index in [1.165, 1.54) is 4.41 Å². The van der Waals surface area contributed by atoms with Crippen LogP contribution in [0.4, 0.5) is 0 Å². The topological polar surface area (TPSA) is 49.7 Å². The van der Waals surface area contributed by atoms with Crippen LogP contribution in [0.3, 0.4) is 0 Å². The summed E-state index contributed by atoms with van der Waals surface area (Å²) in [4.78, 5) is 0.216. The second kappa shape index (κ2) is 11.7. The Morgan fingerprint density at radius 3 is 2.09 bits per heavy atom. The van der Waals surface area contributed by atoms with Gasteiger partial charge in [-0.05, 0) is 0 Å². The van der Waals surface area contributed by atoms with Gasteiger partial charge in [-0.25, -0.2) is 0 Å². The van der Waals surface area contributed by atoms with Crippen LogP contribution in [-0.2, 0) is 10.0 Å². The Morgan fingerprint density at radius 1 is 0.857 bits per heavy atom. The normalized spacial score (nSPS) is 12.5. The van der Waals surface area contributed by atoms with Crippen molar-refractivity contribution >= 4 is 47.3 Å². The summed E-state index contributed by atoms with van der Waals surface area (Å²) in [6.07, 6.45) is 1.61. The number of hydrazone groups is 1. The first-order valence-corrected chi connectivity index (χ1v) is 15.0. The van der Waals surface area contributed by atoms with Crippen LogP contribution in [0.15, 0.2) is 119 Å². The van der Waals surface area contributed by atoms with Crippen LogP contribution in [0.25, 0.3) is 0 Å². The van der Waals surface area contributed by atoms with Gasteiger partial charge in [-0.1, -0.05) is 0 Å². The molecule has 4 aromatic carbocycles. The second-order valence-electron chi connectivity index (χ2n) is 7.94. The second-order valence-corrected chi connectivity index (χ2v) is 12.5. The zero-order chi connectivity index (χ0) is 24.7. The molecule has 7 heteroatoms. The fourth-order valence-corrected chi connectivity index (χ4v) is 7.32. The molecule has 1 atom stereocenters. The van der Waals surface area contributed by atoms with Crippen LogP contribution in [-0.4, -0.2) is 34.0 Å². The molecule has 4 aromatic rings. The summed E-state index contributed by atoms with van der Waals surface area (Å²) in [5, 5.41) is 5.86. The quantitative estimate of drug-likeness (QED) is 0.144. The Hall–Kier alpha value is -2.89. The molecule has 1 unspecified atom stereocenters. The van der Waals surface area contributed by atoms with E-state index in [0.717, 1.165) is 21.2 Å². The molecule has 0 bridgehead atoms. The van der Waals surface area contributed by atoms with E-state index >= 15 is 0 Å². The van der Waals surface area contributed by atoms with Gasteiger partial charge in [-0.3, -0.25) is 0 Å². The third-order valence-electron chi connectivity index (χ3n) is 5.36. The molecule has 0 saturated heterocycles. The van der Waals surface area contributed by atoms with Gasteiger partial charge in [0.05, 0.1) is 0 Å². The summed E-state index contributed by atoms with van der Waals surface area (Å²) in [7, 11) is -3.92. The van der Waals surface area contributed by atoms with Gasteiger partial charge in [0.2, 0.25) is 0 Å². The van der Waals surface area contributed by atoms with Crippen molar-refractivity contribution in [1.82, 2.24) is 4.41 Å². The molecule has 0 saturated carbocycles. The van der Waals surface area contributed by atoms with Crippen molar-refractivity contribution in [2.45, 2.75) is 23.2 Å². The number of aryl methyl sites for hydroxylation is 1. The molecule has 178 valence electrons. The van der Waals surface area contributed by atoms with Gasteiger partial charge < -0.3 is 0 Å². The number of benzene rings is 4. The first kappa shape index (κ1) is 25.2. The minimum atomic E-state index is -3.92. The van der Waals surface area contributed by atoms with E-state index in [1.54, 1.807) is 30.5 Å². The van der Waals surface area contributed by atoms with Gasteiger partial charge in [0, 0.05) is 0 Å². The fraction of sp³-hybridized carbons (Fsp3) is 0.107. The molecule has 0 N–H and O–H groups in total. The maximum atomic E-state index is 13.9. The summed E-state index contributed by atoms with van der Waals surface area (Å²) in [5.41, 5.74) is 2.71. The van der Waals surface area contributed by atoms with E-state index in [2.05, 4.69) is 5.10 Å². The average Bonchev–Trinajstić information content (AvgIpc) is 2.88. The molecule has 0 radical (unpaired) electrons. The van der Waals surface area contributed by atoms with Crippen LogP contribution >= 0.6 is 11.6 Å². The Balaban J connectivity index is 1.77. The van der Waals surface area contributed by atoms with Gasteiger partial charge in [-0.15, -0.1) is 0 Å². The minimum absolute atomic E-state index is 0.00555. The Bertz CT molecular complexity index is 1360. The van der Waals surface area contributed by atoms with Crippen molar-refractivity contribution in [3.05, 3.63) is 131 Å². The summed E-state index contributed by atoms with van der Waals surface area (Å²) < 4.78 is 30.3. The van der Waals surface area contributed by atoms with Gasteiger partial charge >= 0.3 is 219 Å². The van der Waals surface area contributed by atoms with E-state index in [-0.39, 0.29) is 19.9 Å². The monoisotopic (exact) mass is 568 g/mol. The van der Waals surface area contributed by atoms with Crippen molar-refractivity contribution in [2.24, 2.45) is 5.10 Å². The van der Waals surface area contributed by atoms with Crippen LogP contribution < -0.4 is 4.46 Å². The number of rotatable bonds is 9. The van der Waals surface area contributed by atoms with Crippen LogP contribution in [0.5, 0.6) is 0 Å². The molecular weight excluding hydrogens is 543 g/mol. The summed E-state index contributed by atoms with van der Waals surface area (Å²) >= 11 is 6.05. The third kappa shape index (κ3) is 6.62. The van der Waals surface area contributed by atoms with Gasteiger partial charge in [0.25, 0.3) is 0 Å². The molecule has 0 aromatic heterocycles. The Morgan fingerprint density at radius 2 is 1.46 bits per heavy atom. The zero-order valence-electron chi connectivity index (χ0n) is 19.2. The van der Waals surface area contributed by atoms with E-state index < -0.39 is 16.1 Å².